The van der Waals surface area contributed by atoms with Crippen LogP contribution in [0.1, 0.15) is 37.3 Å². The zero-order valence-corrected chi connectivity index (χ0v) is 15.2. The van der Waals surface area contributed by atoms with Crippen LogP contribution in [-0.2, 0) is 19.7 Å². The number of amides is 1. The van der Waals surface area contributed by atoms with Gasteiger partial charge in [-0.05, 0) is 61.2 Å². The lowest BCUT2D eigenvalue weighted by molar-refractivity contribution is -0.137. The van der Waals surface area contributed by atoms with Crippen LogP contribution in [0.3, 0.4) is 0 Å². The van der Waals surface area contributed by atoms with Gasteiger partial charge in [0.2, 0.25) is 5.91 Å². The van der Waals surface area contributed by atoms with Crippen molar-refractivity contribution in [1.29, 1.82) is 0 Å². The molecule has 2 aromatic rings. The second-order valence-corrected chi connectivity index (χ2v) is 6.61. The van der Waals surface area contributed by atoms with E-state index in [4.69, 9.17) is 4.74 Å². The maximum absolute atomic E-state index is 13.6. The van der Waals surface area contributed by atoms with Crippen LogP contribution in [0.4, 0.5) is 10.1 Å². The Morgan fingerprint density at radius 1 is 1.19 bits per heavy atom. The first kappa shape index (κ1) is 18.8. The molecule has 0 heterocycles. The van der Waals surface area contributed by atoms with E-state index in [0.29, 0.717) is 25.1 Å². The molecule has 0 radical (unpaired) electrons. The fraction of sp³-hybridized carbons (Fsp3) is 0.273. The number of ether oxygens (including phenoxy) is 1. The average Bonchev–Trinajstić information content (AvgIpc) is 2.60. The minimum absolute atomic E-state index is 0.117. The lowest BCUT2D eigenvalue weighted by atomic mass is 9.63. The van der Waals surface area contributed by atoms with Crippen LogP contribution >= 0.6 is 0 Å². The standard InChI is InChI=1S/C22H22FNO3/c1-2-27-20(25)12-9-16-7-10-19(11-8-16)24-21(26)22(13-4-14-22)17-5-3-6-18(23)15-17/h3,5-12,15H,2,4,13-14H2,1H3,(H,24,26)/b12-9+. The molecule has 0 bridgehead atoms. The second kappa shape index (κ2) is 8.16. The molecule has 2 aromatic carbocycles. The third kappa shape index (κ3) is 4.25. The van der Waals surface area contributed by atoms with Crippen LogP contribution in [0, 0.1) is 5.82 Å². The molecule has 0 unspecified atom stereocenters. The summed E-state index contributed by atoms with van der Waals surface area (Å²) in [6, 6.07) is 13.5. The molecule has 3 rings (SSSR count). The van der Waals surface area contributed by atoms with E-state index in [0.717, 1.165) is 17.5 Å². The molecule has 0 spiro atoms. The van der Waals surface area contributed by atoms with Gasteiger partial charge in [-0.25, -0.2) is 9.18 Å². The Morgan fingerprint density at radius 3 is 2.52 bits per heavy atom. The Morgan fingerprint density at radius 2 is 1.93 bits per heavy atom. The summed E-state index contributed by atoms with van der Waals surface area (Å²) in [6.07, 6.45) is 5.39. The van der Waals surface area contributed by atoms with Gasteiger partial charge in [0.1, 0.15) is 5.82 Å². The number of carbonyl (C=O) groups excluding carboxylic acids is 2. The molecule has 5 heteroatoms. The van der Waals surface area contributed by atoms with Gasteiger partial charge >= 0.3 is 5.97 Å². The smallest absolute Gasteiger partial charge is 0.330 e. The average molecular weight is 367 g/mol. The Hall–Kier alpha value is -2.95. The summed E-state index contributed by atoms with van der Waals surface area (Å²) in [4.78, 5) is 24.2. The highest BCUT2D eigenvalue weighted by Crippen LogP contribution is 2.44. The van der Waals surface area contributed by atoms with E-state index in [2.05, 4.69) is 5.32 Å². The van der Waals surface area contributed by atoms with Crippen LogP contribution in [-0.4, -0.2) is 18.5 Å². The van der Waals surface area contributed by atoms with Crippen molar-refractivity contribution in [3.05, 3.63) is 71.6 Å². The van der Waals surface area contributed by atoms with Crippen molar-refractivity contribution in [1.82, 2.24) is 0 Å². The number of carbonyl (C=O) groups is 2. The molecule has 1 saturated carbocycles. The molecule has 1 aliphatic carbocycles. The summed E-state index contributed by atoms with van der Waals surface area (Å²) in [6.45, 7) is 2.09. The van der Waals surface area contributed by atoms with Gasteiger partial charge in [-0.15, -0.1) is 0 Å². The zero-order chi connectivity index (χ0) is 19.3. The molecule has 4 nitrogen and oxygen atoms in total. The monoisotopic (exact) mass is 367 g/mol. The Labute approximate surface area is 158 Å². The minimum atomic E-state index is -0.662. The summed E-state index contributed by atoms with van der Waals surface area (Å²) >= 11 is 0. The third-order valence-electron chi connectivity index (χ3n) is 4.89. The van der Waals surface area contributed by atoms with Gasteiger partial charge in [0.05, 0.1) is 12.0 Å². The summed E-state index contributed by atoms with van der Waals surface area (Å²) < 4.78 is 18.4. The van der Waals surface area contributed by atoms with Crippen LogP contribution in [0.5, 0.6) is 0 Å². The van der Waals surface area contributed by atoms with Crippen molar-refractivity contribution >= 4 is 23.6 Å². The molecule has 0 aromatic heterocycles. The fourth-order valence-corrected chi connectivity index (χ4v) is 3.25. The SMILES string of the molecule is CCOC(=O)/C=C/c1ccc(NC(=O)C2(c3cccc(F)c3)CCC2)cc1. The highest BCUT2D eigenvalue weighted by Gasteiger charge is 2.45. The van der Waals surface area contributed by atoms with Gasteiger partial charge in [0.25, 0.3) is 0 Å². The molecule has 140 valence electrons. The Kier molecular flexibility index (Phi) is 5.69. The van der Waals surface area contributed by atoms with Crippen LogP contribution in [0.25, 0.3) is 6.08 Å². The number of rotatable bonds is 6. The van der Waals surface area contributed by atoms with Crippen molar-refractivity contribution in [2.24, 2.45) is 0 Å². The van der Waals surface area contributed by atoms with Crippen LogP contribution < -0.4 is 5.32 Å². The summed E-state index contributed by atoms with van der Waals surface area (Å²) in [5.41, 5.74) is 1.55. The molecule has 1 amide bonds. The van der Waals surface area contributed by atoms with Gasteiger partial charge in [0.15, 0.2) is 0 Å². The molecular formula is C22H22FNO3. The summed E-state index contributed by atoms with van der Waals surface area (Å²) in [7, 11) is 0. The third-order valence-corrected chi connectivity index (χ3v) is 4.89. The number of halogens is 1. The van der Waals surface area contributed by atoms with E-state index >= 15 is 0 Å². The van der Waals surface area contributed by atoms with Crippen molar-refractivity contribution in [3.8, 4) is 0 Å². The van der Waals surface area contributed by atoms with E-state index in [9.17, 15) is 14.0 Å². The van der Waals surface area contributed by atoms with Crippen LogP contribution in [0.15, 0.2) is 54.6 Å². The van der Waals surface area contributed by atoms with E-state index < -0.39 is 11.4 Å². The molecule has 0 aliphatic heterocycles. The predicted molar refractivity (Wildman–Crippen MR) is 103 cm³/mol. The number of benzene rings is 2. The number of esters is 1. The molecule has 1 aliphatic rings. The first-order valence-corrected chi connectivity index (χ1v) is 9.06. The Balaban J connectivity index is 1.69. The first-order chi connectivity index (χ1) is 13.0. The number of nitrogens with one attached hydrogen (secondary N) is 1. The van der Waals surface area contributed by atoms with Crippen molar-refractivity contribution < 1.29 is 18.7 Å². The predicted octanol–water partition coefficient (Wildman–Crippen LogP) is 4.46. The highest BCUT2D eigenvalue weighted by molar-refractivity contribution is 6.00. The zero-order valence-electron chi connectivity index (χ0n) is 15.2. The van der Waals surface area contributed by atoms with Gasteiger partial charge in [-0.3, -0.25) is 4.79 Å². The van der Waals surface area contributed by atoms with E-state index in [1.165, 1.54) is 18.2 Å². The molecular weight excluding hydrogens is 345 g/mol. The van der Waals surface area contributed by atoms with E-state index in [-0.39, 0.29) is 11.7 Å². The maximum Gasteiger partial charge on any atom is 0.330 e. The van der Waals surface area contributed by atoms with E-state index in [1.807, 2.05) is 6.07 Å². The Bertz CT molecular complexity index is 854. The molecule has 0 saturated heterocycles. The number of anilines is 1. The molecule has 1 N–H and O–H groups in total. The molecule has 0 atom stereocenters. The van der Waals surface area contributed by atoms with Gasteiger partial charge < -0.3 is 10.1 Å². The van der Waals surface area contributed by atoms with Gasteiger partial charge in [-0.1, -0.05) is 30.7 Å². The quantitative estimate of drug-likeness (QED) is 0.606. The summed E-state index contributed by atoms with van der Waals surface area (Å²) in [5, 5.41) is 2.94. The van der Waals surface area contributed by atoms with Crippen LogP contribution in [0.2, 0.25) is 0 Å². The lowest BCUT2D eigenvalue weighted by Crippen LogP contribution is -2.46. The topological polar surface area (TPSA) is 55.4 Å². The first-order valence-electron chi connectivity index (χ1n) is 9.06. The largest absolute Gasteiger partial charge is 0.463 e. The minimum Gasteiger partial charge on any atom is -0.463 e. The van der Waals surface area contributed by atoms with Gasteiger partial charge in [-0.2, -0.15) is 0 Å². The highest BCUT2D eigenvalue weighted by atomic mass is 19.1. The maximum atomic E-state index is 13.6. The normalized spacial score (nSPS) is 15.2. The number of hydrogen-bond acceptors (Lipinski definition) is 3. The molecule has 1 fully saturated rings. The summed E-state index contributed by atoms with van der Waals surface area (Å²) in [5.74, 6) is -0.838. The van der Waals surface area contributed by atoms with Gasteiger partial charge in [0, 0.05) is 11.8 Å². The molecule has 27 heavy (non-hydrogen) atoms. The van der Waals surface area contributed by atoms with Crippen molar-refractivity contribution in [2.75, 3.05) is 11.9 Å². The fourth-order valence-electron chi connectivity index (χ4n) is 3.25. The van der Waals surface area contributed by atoms with Crippen molar-refractivity contribution in [2.45, 2.75) is 31.6 Å². The van der Waals surface area contributed by atoms with E-state index in [1.54, 1.807) is 43.3 Å². The second-order valence-electron chi connectivity index (χ2n) is 6.61. The van der Waals surface area contributed by atoms with Crippen molar-refractivity contribution in [3.63, 3.8) is 0 Å². The lowest BCUT2D eigenvalue weighted by Gasteiger charge is -2.40. The number of hydrogen-bond donors (Lipinski definition) is 1.